The molecule has 0 radical (unpaired) electrons. The minimum atomic E-state index is 0.293. The van der Waals surface area contributed by atoms with Gasteiger partial charge < -0.3 is 5.73 Å². The quantitative estimate of drug-likeness (QED) is 0.889. The average Bonchev–Trinajstić information content (AvgIpc) is 2.66. The van der Waals surface area contributed by atoms with Gasteiger partial charge in [0.25, 0.3) is 0 Å². The predicted octanol–water partition coefficient (Wildman–Crippen LogP) is 2.59. The molecule has 3 nitrogen and oxygen atoms in total. The highest BCUT2D eigenvalue weighted by Crippen LogP contribution is 2.25. The van der Waals surface area contributed by atoms with Gasteiger partial charge in [-0.2, -0.15) is 0 Å². The molecule has 1 aliphatic rings. The Kier molecular flexibility index (Phi) is 5.14. The third kappa shape index (κ3) is 3.30. The van der Waals surface area contributed by atoms with Crippen molar-refractivity contribution < 1.29 is 0 Å². The molecule has 1 saturated heterocycles. The van der Waals surface area contributed by atoms with E-state index in [0.29, 0.717) is 12.6 Å². The number of hydrogen-bond donors (Lipinski definition) is 1. The van der Waals surface area contributed by atoms with Crippen LogP contribution in [0.1, 0.15) is 44.3 Å². The lowest BCUT2D eigenvalue weighted by atomic mass is 9.98. The fourth-order valence-corrected chi connectivity index (χ4v) is 2.94. The van der Waals surface area contributed by atoms with Gasteiger partial charge >= 0.3 is 0 Å². The molecule has 1 aromatic rings. The second-order valence-corrected chi connectivity index (χ2v) is 5.25. The molecule has 0 aromatic carbocycles. The molecule has 2 atom stereocenters. The zero-order valence-corrected chi connectivity index (χ0v) is 11.4. The van der Waals surface area contributed by atoms with Gasteiger partial charge in [0, 0.05) is 12.7 Å². The molecule has 2 N–H and O–H groups in total. The van der Waals surface area contributed by atoms with Crippen molar-refractivity contribution in [3.05, 3.63) is 30.1 Å². The normalized spacial score (nSPS) is 23.6. The molecule has 1 fully saturated rings. The molecule has 1 aliphatic heterocycles. The molecule has 100 valence electrons. The van der Waals surface area contributed by atoms with Crippen LogP contribution in [0.2, 0.25) is 0 Å². The number of likely N-dealkylation sites (tertiary alicyclic amines) is 1. The first kappa shape index (κ1) is 13.5. The summed E-state index contributed by atoms with van der Waals surface area (Å²) in [6.07, 6.45) is 7.14. The smallest absolute Gasteiger partial charge is 0.0644 e. The van der Waals surface area contributed by atoms with Gasteiger partial charge in [-0.1, -0.05) is 19.4 Å². The Morgan fingerprint density at radius 3 is 2.94 bits per heavy atom. The summed E-state index contributed by atoms with van der Waals surface area (Å²) in [6, 6.07) is 6.41. The first-order valence-corrected chi connectivity index (χ1v) is 7.20. The molecular formula is C15H25N3. The van der Waals surface area contributed by atoms with E-state index in [1.807, 2.05) is 12.3 Å². The van der Waals surface area contributed by atoms with Crippen LogP contribution in [0.5, 0.6) is 0 Å². The summed E-state index contributed by atoms with van der Waals surface area (Å²) in [4.78, 5) is 7.00. The summed E-state index contributed by atoms with van der Waals surface area (Å²) in [5.41, 5.74) is 7.09. The van der Waals surface area contributed by atoms with Crippen LogP contribution in [0, 0.1) is 5.92 Å². The highest BCUT2D eigenvalue weighted by molar-refractivity contribution is 5.09. The minimum absolute atomic E-state index is 0.293. The van der Waals surface area contributed by atoms with E-state index in [-0.39, 0.29) is 0 Å². The molecule has 0 spiro atoms. The van der Waals surface area contributed by atoms with Crippen molar-refractivity contribution in [1.82, 2.24) is 9.88 Å². The van der Waals surface area contributed by atoms with Crippen molar-refractivity contribution in [2.24, 2.45) is 11.7 Å². The molecule has 2 rings (SSSR count). The van der Waals surface area contributed by atoms with Crippen LogP contribution in [0.3, 0.4) is 0 Å². The van der Waals surface area contributed by atoms with Crippen molar-refractivity contribution in [3.63, 3.8) is 0 Å². The maximum absolute atomic E-state index is 5.97. The molecule has 0 amide bonds. The lowest BCUT2D eigenvalue weighted by molar-refractivity contribution is 0.203. The van der Waals surface area contributed by atoms with Crippen molar-refractivity contribution >= 4 is 0 Å². The maximum Gasteiger partial charge on any atom is 0.0644 e. The van der Waals surface area contributed by atoms with Gasteiger partial charge in [0.05, 0.1) is 11.7 Å². The molecule has 3 heteroatoms. The van der Waals surface area contributed by atoms with Crippen LogP contribution >= 0.6 is 0 Å². The van der Waals surface area contributed by atoms with E-state index < -0.39 is 0 Å². The third-order valence-corrected chi connectivity index (χ3v) is 4.15. The third-order valence-electron chi connectivity index (χ3n) is 4.15. The highest BCUT2D eigenvalue weighted by atomic mass is 15.2. The maximum atomic E-state index is 5.97. The van der Waals surface area contributed by atoms with Gasteiger partial charge in [-0.3, -0.25) is 9.88 Å². The fraction of sp³-hybridized carbons (Fsp3) is 0.667. The topological polar surface area (TPSA) is 42.1 Å². The van der Waals surface area contributed by atoms with Crippen LogP contribution in [0.25, 0.3) is 0 Å². The van der Waals surface area contributed by atoms with E-state index in [9.17, 15) is 0 Å². The Morgan fingerprint density at radius 1 is 1.39 bits per heavy atom. The summed E-state index contributed by atoms with van der Waals surface area (Å²) in [5, 5.41) is 0. The predicted molar refractivity (Wildman–Crippen MR) is 75.2 cm³/mol. The standard InChI is InChI=1S/C15H25N3/c1-2-13-6-5-10-18(11-8-13)15(12-16)14-7-3-4-9-17-14/h3-4,7,9,13,15H,2,5-6,8,10-12,16H2,1H3. The van der Waals surface area contributed by atoms with Crippen molar-refractivity contribution in [2.75, 3.05) is 19.6 Å². The zero-order chi connectivity index (χ0) is 12.8. The van der Waals surface area contributed by atoms with E-state index in [1.165, 1.54) is 25.7 Å². The Balaban J connectivity index is 2.04. The lowest BCUT2D eigenvalue weighted by Crippen LogP contribution is -2.35. The molecule has 0 saturated carbocycles. The first-order valence-electron chi connectivity index (χ1n) is 7.20. The Morgan fingerprint density at radius 2 is 2.28 bits per heavy atom. The summed E-state index contributed by atoms with van der Waals surface area (Å²) in [6.45, 7) is 5.29. The number of rotatable bonds is 4. The SMILES string of the molecule is CCC1CCCN(C(CN)c2ccccn2)CC1. The first-order chi connectivity index (χ1) is 8.85. The van der Waals surface area contributed by atoms with Gasteiger partial charge in [0.15, 0.2) is 0 Å². The van der Waals surface area contributed by atoms with E-state index in [0.717, 1.165) is 24.7 Å². The lowest BCUT2D eigenvalue weighted by Gasteiger charge is -2.29. The van der Waals surface area contributed by atoms with E-state index >= 15 is 0 Å². The molecule has 0 bridgehead atoms. The number of pyridine rings is 1. The monoisotopic (exact) mass is 247 g/mol. The van der Waals surface area contributed by atoms with Crippen LogP contribution in [0.4, 0.5) is 0 Å². The summed E-state index contributed by atoms with van der Waals surface area (Å²) in [7, 11) is 0. The fourth-order valence-electron chi connectivity index (χ4n) is 2.94. The van der Waals surface area contributed by atoms with Crippen LogP contribution in [-0.4, -0.2) is 29.5 Å². The van der Waals surface area contributed by atoms with E-state index in [2.05, 4.69) is 28.9 Å². The number of hydrogen-bond acceptors (Lipinski definition) is 3. The number of aromatic nitrogens is 1. The Labute approximate surface area is 110 Å². The summed E-state index contributed by atoms with van der Waals surface area (Å²) >= 11 is 0. The van der Waals surface area contributed by atoms with Crippen molar-refractivity contribution in [1.29, 1.82) is 0 Å². The van der Waals surface area contributed by atoms with Crippen molar-refractivity contribution in [2.45, 2.75) is 38.6 Å². The zero-order valence-electron chi connectivity index (χ0n) is 11.4. The Hall–Kier alpha value is -0.930. The summed E-state index contributed by atoms with van der Waals surface area (Å²) in [5.74, 6) is 0.900. The Bertz CT molecular complexity index is 339. The van der Waals surface area contributed by atoms with Crippen LogP contribution in [-0.2, 0) is 0 Å². The largest absolute Gasteiger partial charge is 0.329 e. The van der Waals surface area contributed by atoms with Gasteiger partial charge in [-0.15, -0.1) is 0 Å². The molecule has 2 heterocycles. The van der Waals surface area contributed by atoms with E-state index in [1.54, 1.807) is 0 Å². The van der Waals surface area contributed by atoms with Gasteiger partial charge in [0.2, 0.25) is 0 Å². The van der Waals surface area contributed by atoms with Crippen molar-refractivity contribution in [3.8, 4) is 0 Å². The van der Waals surface area contributed by atoms with E-state index in [4.69, 9.17) is 5.73 Å². The van der Waals surface area contributed by atoms with Gasteiger partial charge in [-0.25, -0.2) is 0 Å². The number of nitrogens with zero attached hydrogens (tertiary/aromatic N) is 2. The minimum Gasteiger partial charge on any atom is -0.329 e. The van der Waals surface area contributed by atoms with Crippen LogP contribution < -0.4 is 5.73 Å². The van der Waals surface area contributed by atoms with Crippen LogP contribution in [0.15, 0.2) is 24.4 Å². The highest BCUT2D eigenvalue weighted by Gasteiger charge is 2.23. The van der Waals surface area contributed by atoms with Gasteiger partial charge in [0.1, 0.15) is 0 Å². The second kappa shape index (κ2) is 6.86. The van der Waals surface area contributed by atoms with Gasteiger partial charge in [-0.05, 0) is 50.4 Å². The molecule has 0 aliphatic carbocycles. The molecule has 1 aromatic heterocycles. The number of nitrogens with two attached hydrogens (primary N) is 1. The molecule has 18 heavy (non-hydrogen) atoms. The summed E-state index contributed by atoms with van der Waals surface area (Å²) < 4.78 is 0. The average molecular weight is 247 g/mol. The molecular weight excluding hydrogens is 222 g/mol. The molecule has 2 unspecified atom stereocenters. The second-order valence-electron chi connectivity index (χ2n) is 5.25.